The molecule has 44 heavy (non-hydrogen) atoms. The molecule has 4 rings (SSSR count). The Morgan fingerprint density at radius 3 is 2.05 bits per heavy atom. The lowest BCUT2D eigenvalue weighted by Gasteiger charge is -2.12. The number of nitrogens with zero attached hydrogens (tertiary/aromatic N) is 4. The van der Waals surface area contributed by atoms with Crippen molar-refractivity contribution in [2.24, 2.45) is 0 Å². The average molecular weight is 601 g/mol. The van der Waals surface area contributed by atoms with Crippen LogP contribution in [0.25, 0.3) is 0 Å². The van der Waals surface area contributed by atoms with E-state index < -0.39 is 0 Å². The molecule has 2 aromatic heterocycles. The minimum absolute atomic E-state index is 0.145. The van der Waals surface area contributed by atoms with Gasteiger partial charge in [-0.15, -0.1) is 0 Å². The summed E-state index contributed by atoms with van der Waals surface area (Å²) in [6.07, 6.45) is 2.91. The van der Waals surface area contributed by atoms with Gasteiger partial charge in [0.15, 0.2) is 0 Å². The summed E-state index contributed by atoms with van der Waals surface area (Å²) in [6, 6.07) is 19.0. The highest BCUT2D eigenvalue weighted by atomic mass is 16.5. The number of phenols is 1. The molecule has 2 aromatic carbocycles. The second-order valence-corrected chi connectivity index (χ2v) is 9.64. The molecule has 230 valence electrons. The largest absolute Gasteiger partial charge is 0.508 e. The maximum Gasteiger partial charge on any atom is 0.251 e. The van der Waals surface area contributed by atoms with Crippen molar-refractivity contribution < 1.29 is 24.2 Å². The Bertz CT molecular complexity index is 1470. The molecule has 0 aliphatic rings. The third kappa shape index (κ3) is 11.3. The maximum absolute atomic E-state index is 12.6. The van der Waals surface area contributed by atoms with Gasteiger partial charge in [0.05, 0.1) is 32.1 Å². The van der Waals surface area contributed by atoms with E-state index in [9.17, 15) is 14.7 Å². The van der Waals surface area contributed by atoms with Crippen molar-refractivity contribution in [1.82, 2.24) is 25.3 Å². The number of amides is 1. The molecule has 0 aliphatic heterocycles. The number of ether oxygens (including phenoxy) is 2. The molecule has 0 aliphatic carbocycles. The standard InChI is InChI=1S/C31H36N8O5/c1-22(40)5-4-17-43-19-20-44-18-16-33-29-37-30(39-31(38-29)36-25-11-13-27(41)14-12-25)35-24-9-7-23(8-10-24)28(42)34-21-26-6-2-3-15-32-26/h2-3,6-15,41H,4-5,16-21H2,1H3,(H,34,42)(H3,33,35,36,37,38,39). The Kier molecular flexibility index (Phi) is 12.3. The molecule has 13 nitrogen and oxygen atoms in total. The monoisotopic (exact) mass is 600 g/mol. The minimum atomic E-state index is -0.212. The molecule has 0 spiro atoms. The zero-order chi connectivity index (χ0) is 31.0. The highest BCUT2D eigenvalue weighted by Crippen LogP contribution is 2.21. The Hall–Kier alpha value is -5.14. The van der Waals surface area contributed by atoms with Crippen LogP contribution in [-0.4, -0.2) is 69.7 Å². The van der Waals surface area contributed by atoms with Gasteiger partial charge in [0.25, 0.3) is 5.91 Å². The van der Waals surface area contributed by atoms with Crippen LogP contribution in [0.2, 0.25) is 0 Å². The number of nitrogens with one attached hydrogen (secondary N) is 4. The molecule has 0 saturated heterocycles. The van der Waals surface area contributed by atoms with Crippen LogP contribution in [0.5, 0.6) is 5.75 Å². The van der Waals surface area contributed by atoms with Gasteiger partial charge < -0.3 is 40.6 Å². The zero-order valence-corrected chi connectivity index (χ0v) is 24.5. The average Bonchev–Trinajstić information content (AvgIpc) is 3.02. The number of aromatic hydroxyl groups is 1. The first-order valence-electron chi connectivity index (χ1n) is 14.2. The highest BCUT2D eigenvalue weighted by molar-refractivity contribution is 5.94. The number of anilines is 5. The van der Waals surface area contributed by atoms with E-state index in [1.165, 1.54) is 0 Å². The van der Waals surface area contributed by atoms with Gasteiger partial charge in [0, 0.05) is 42.7 Å². The molecular weight excluding hydrogens is 564 g/mol. The van der Waals surface area contributed by atoms with Crippen LogP contribution in [0.15, 0.2) is 72.9 Å². The summed E-state index contributed by atoms with van der Waals surface area (Å²) in [5.41, 5.74) is 2.62. The van der Waals surface area contributed by atoms with Gasteiger partial charge in [-0.2, -0.15) is 15.0 Å². The predicted molar refractivity (Wildman–Crippen MR) is 166 cm³/mol. The highest BCUT2D eigenvalue weighted by Gasteiger charge is 2.10. The molecule has 1 amide bonds. The number of benzene rings is 2. The van der Waals surface area contributed by atoms with Gasteiger partial charge in [-0.1, -0.05) is 6.07 Å². The molecule has 0 atom stereocenters. The summed E-state index contributed by atoms with van der Waals surface area (Å²) in [5.74, 6) is 0.960. The molecule has 4 aromatic rings. The fourth-order valence-corrected chi connectivity index (χ4v) is 3.83. The van der Waals surface area contributed by atoms with E-state index in [-0.39, 0.29) is 29.3 Å². The first kappa shape index (κ1) is 31.8. The lowest BCUT2D eigenvalue weighted by Crippen LogP contribution is -2.23. The summed E-state index contributed by atoms with van der Waals surface area (Å²) < 4.78 is 11.1. The second-order valence-electron chi connectivity index (χ2n) is 9.64. The van der Waals surface area contributed by atoms with Gasteiger partial charge in [0.1, 0.15) is 11.5 Å². The number of hydrogen-bond donors (Lipinski definition) is 5. The molecule has 0 radical (unpaired) electrons. The number of pyridine rings is 1. The van der Waals surface area contributed by atoms with Crippen molar-refractivity contribution in [3.05, 3.63) is 84.2 Å². The minimum Gasteiger partial charge on any atom is -0.508 e. The zero-order valence-electron chi connectivity index (χ0n) is 24.5. The topological polar surface area (TPSA) is 173 Å². The molecular formula is C31H36N8O5. The van der Waals surface area contributed by atoms with E-state index in [0.29, 0.717) is 75.2 Å². The van der Waals surface area contributed by atoms with E-state index in [1.807, 2.05) is 18.2 Å². The summed E-state index contributed by atoms with van der Waals surface area (Å²) in [4.78, 5) is 41.1. The van der Waals surface area contributed by atoms with E-state index in [1.54, 1.807) is 61.7 Å². The third-order valence-corrected chi connectivity index (χ3v) is 6.04. The quantitative estimate of drug-likeness (QED) is 0.0815. The Balaban J connectivity index is 1.32. The molecule has 2 heterocycles. The van der Waals surface area contributed by atoms with Crippen molar-refractivity contribution in [3.63, 3.8) is 0 Å². The smallest absolute Gasteiger partial charge is 0.251 e. The summed E-state index contributed by atoms with van der Waals surface area (Å²) in [7, 11) is 0. The second kappa shape index (κ2) is 17.1. The number of carbonyl (C=O) groups is 2. The summed E-state index contributed by atoms with van der Waals surface area (Å²) >= 11 is 0. The predicted octanol–water partition coefficient (Wildman–Crippen LogP) is 4.20. The van der Waals surface area contributed by atoms with Crippen molar-refractivity contribution in [2.75, 3.05) is 48.9 Å². The Labute approximate surface area is 255 Å². The lowest BCUT2D eigenvalue weighted by molar-refractivity contribution is -0.117. The first-order valence-corrected chi connectivity index (χ1v) is 14.2. The van der Waals surface area contributed by atoms with E-state index in [0.717, 1.165) is 5.69 Å². The molecule has 5 N–H and O–H groups in total. The van der Waals surface area contributed by atoms with Gasteiger partial charge >= 0.3 is 0 Å². The number of ketones is 1. The number of Topliss-reactive ketones (excluding diaryl/α,β-unsaturated/α-hetero) is 1. The van der Waals surface area contributed by atoms with Crippen LogP contribution in [0, 0.1) is 0 Å². The molecule has 13 heteroatoms. The number of aromatic nitrogens is 4. The van der Waals surface area contributed by atoms with Crippen molar-refractivity contribution in [1.29, 1.82) is 0 Å². The fraction of sp³-hybridized carbons (Fsp3) is 0.290. The lowest BCUT2D eigenvalue weighted by atomic mass is 10.2. The van der Waals surface area contributed by atoms with Crippen molar-refractivity contribution >= 4 is 40.9 Å². The van der Waals surface area contributed by atoms with Crippen molar-refractivity contribution in [2.45, 2.75) is 26.3 Å². The summed E-state index contributed by atoms with van der Waals surface area (Å²) in [6.45, 7) is 4.14. The van der Waals surface area contributed by atoms with Crippen LogP contribution in [0.1, 0.15) is 35.8 Å². The first-order chi connectivity index (χ1) is 21.4. The Morgan fingerprint density at radius 1 is 0.773 bits per heavy atom. The third-order valence-electron chi connectivity index (χ3n) is 6.04. The van der Waals surface area contributed by atoms with Crippen LogP contribution >= 0.6 is 0 Å². The van der Waals surface area contributed by atoms with Crippen LogP contribution in [0.3, 0.4) is 0 Å². The van der Waals surface area contributed by atoms with Crippen LogP contribution < -0.4 is 21.3 Å². The number of phenolic OH excluding ortho intramolecular Hbond substituents is 1. The van der Waals surface area contributed by atoms with E-state index in [2.05, 4.69) is 41.2 Å². The maximum atomic E-state index is 12.6. The summed E-state index contributed by atoms with van der Waals surface area (Å²) in [5, 5.41) is 21.9. The fourth-order valence-electron chi connectivity index (χ4n) is 3.83. The Morgan fingerprint density at radius 2 is 1.41 bits per heavy atom. The van der Waals surface area contributed by atoms with Gasteiger partial charge in [0.2, 0.25) is 17.8 Å². The molecule has 0 bridgehead atoms. The van der Waals surface area contributed by atoms with Crippen LogP contribution in [0.4, 0.5) is 29.2 Å². The molecule has 0 saturated carbocycles. The number of carbonyl (C=O) groups excluding carboxylic acids is 2. The molecule has 0 fully saturated rings. The SMILES string of the molecule is CC(=O)CCCOCCOCCNc1nc(Nc2ccc(O)cc2)nc(Nc2ccc(C(=O)NCc3ccccn3)cc2)n1. The number of rotatable bonds is 18. The molecule has 0 unspecified atom stereocenters. The van der Waals surface area contributed by atoms with Crippen LogP contribution in [-0.2, 0) is 20.8 Å². The van der Waals surface area contributed by atoms with Gasteiger partial charge in [-0.3, -0.25) is 9.78 Å². The van der Waals surface area contributed by atoms with Crippen molar-refractivity contribution in [3.8, 4) is 5.75 Å². The van der Waals surface area contributed by atoms with Gasteiger partial charge in [-0.25, -0.2) is 0 Å². The van der Waals surface area contributed by atoms with Gasteiger partial charge in [-0.05, 0) is 74.0 Å². The number of hydrogen-bond acceptors (Lipinski definition) is 12. The van der Waals surface area contributed by atoms with E-state index in [4.69, 9.17) is 9.47 Å². The van der Waals surface area contributed by atoms with E-state index >= 15 is 0 Å². The normalized spacial score (nSPS) is 10.7.